The molecule has 16 heavy (non-hydrogen) atoms. The zero-order valence-electron chi connectivity index (χ0n) is 10.8. The van der Waals surface area contributed by atoms with Crippen molar-refractivity contribution >= 4 is 5.78 Å². The fourth-order valence-electron chi connectivity index (χ4n) is 1.40. The van der Waals surface area contributed by atoms with Crippen molar-refractivity contribution in [2.45, 2.75) is 46.5 Å². The molecule has 90 valence electrons. The van der Waals surface area contributed by atoms with Crippen molar-refractivity contribution in [3.63, 3.8) is 0 Å². The smallest absolute Gasteiger partial charge is 0.181 e. The van der Waals surface area contributed by atoms with E-state index in [1.807, 2.05) is 13.0 Å². The molecule has 0 rings (SSSR count). The molecule has 0 N–H and O–H groups in total. The number of rotatable bonds is 8. The van der Waals surface area contributed by atoms with Gasteiger partial charge in [-0.15, -0.1) is 6.58 Å². The minimum absolute atomic E-state index is 0.159. The van der Waals surface area contributed by atoms with Crippen molar-refractivity contribution in [3.8, 4) is 0 Å². The van der Waals surface area contributed by atoms with Crippen LogP contribution >= 0.6 is 0 Å². The molecule has 0 saturated heterocycles. The zero-order chi connectivity index (χ0) is 12.4. The van der Waals surface area contributed by atoms with Crippen LogP contribution in [0.4, 0.5) is 0 Å². The van der Waals surface area contributed by atoms with E-state index in [1.54, 1.807) is 12.2 Å². The fourth-order valence-corrected chi connectivity index (χ4v) is 1.40. The lowest BCUT2D eigenvalue weighted by Crippen LogP contribution is -2.00. The minimum atomic E-state index is 0.159. The third kappa shape index (κ3) is 7.22. The fraction of sp³-hybridized carbons (Fsp3) is 0.533. The Morgan fingerprint density at radius 2 is 2.06 bits per heavy atom. The van der Waals surface area contributed by atoms with E-state index in [1.165, 1.54) is 0 Å². The summed E-state index contributed by atoms with van der Waals surface area (Å²) in [5.74, 6) is 0.764. The van der Waals surface area contributed by atoms with Crippen LogP contribution in [0.3, 0.4) is 0 Å². The summed E-state index contributed by atoms with van der Waals surface area (Å²) in [6.45, 7) is 9.90. The molecule has 0 aromatic rings. The number of carbonyl (C=O) groups is 1. The number of allylic oxidation sites excluding steroid dienone is 5. The Hall–Kier alpha value is -1.11. The third-order valence-electron chi connectivity index (χ3n) is 2.32. The van der Waals surface area contributed by atoms with Gasteiger partial charge >= 0.3 is 0 Å². The molecular formula is C15H24O. The van der Waals surface area contributed by atoms with Crippen LogP contribution in [0.2, 0.25) is 0 Å². The second-order valence-corrected chi connectivity index (χ2v) is 4.40. The van der Waals surface area contributed by atoms with E-state index in [0.29, 0.717) is 5.92 Å². The molecule has 0 aromatic heterocycles. The monoisotopic (exact) mass is 220 g/mol. The zero-order valence-corrected chi connectivity index (χ0v) is 10.8. The maximum absolute atomic E-state index is 11.8. The third-order valence-corrected chi connectivity index (χ3v) is 2.32. The van der Waals surface area contributed by atoms with E-state index >= 15 is 0 Å². The first-order valence-corrected chi connectivity index (χ1v) is 6.08. The largest absolute Gasteiger partial charge is 0.290 e. The molecular weight excluding hydrogens is 196 g/mol. The van der Waals surface area contributed by atoms with Gasteiger partial charge in [0.1, 0.15) is 0 Å². The normalized spacial score (nSPS) is 12.4. The Morgan fingerprint density at radius 3 is 2.56 bits per heavy atom. The maximum atomic E-state index is 11.8. The number of hydrogen-bond acceptors (Lipinski definition) is 1. The Balaban J connectivity index is 4.42. The van der Waals surface area contributed by atoms with Gasteiger partial charge in [-0.05, 0) is 50.2 Å². The molecule has 0 radical (unpaired) electrons. The lowest BCUT2D eigenvalue weighted by atomic mass is 10.00. The summed E-state index contributed by atoms with van der Waals surface area (Å²) < 4.78 is 0. The van der Waals surface area contributed by atoms with Crippen molar-refractivity contribution in [2.75, 3.05) is 0 Å². The molecule has 0 aliphatic rings. The van der Waals surface area contributed by atoms with Crippen molar-refractivity contribution in [3.05, 3.63) is 36.5 Å². The van der Waals surface area contributed by atoms with Crippen LogP contribution < -0.4 is 0 Å². The molecule has 0 spiro atoms. The van der Waals surface area contributed by atoms with Gasteiger partial charge in [0.15, 0.2) is 5.78 Å². The quantitative estimate of drug-likeness (QED) is 0.335. The first-order chi connectivity index (χ1) is 7.61. The summed E-state index contributed by atoms with van der Waals surface area (Å²) in [6, 6.07) is 0. The van der Waals surface area contributed by atoms with Crippen LogP contribution in [0.25, 0.3) is 0 Å². The van der Waals surface area contributed by atoms with E-state index in [2.05, 4.69) is 26.5 Å². The highest BCUT2D eigenvalue weighted by molar-refractivity contribution is 6.03. The van der Waals surface area contributed by atoms with Crippen molar-refractivity contribution in [2.24, 2.45) is 5.92 Å². The Bertz CT molecular complexity index is 269. The highest BCUT2D eigenvalue weighted by Crippen LogP contribution is 2.13. The van der Waals surface area contributed by atoms with Gasteiger partial charge in [-0.2, -0.15) is 0 Å². The predicted molar refractivity (Wildman–Crippen MR) is 71.4 cm³/mol. The first-order valence-electron chi connectivity index (χ1n) is 6.08. The summed E-state index contributed by atoms with van der Waals surface area (Å²) >= 11 is 0. The van der Waals surface area contributed by atoms with Crippen LogP contribution in [-0.2, 0) is 4.79 Å². The van der Waals surface area contributed by atoms with Crippen molar-refractivity contribution in [1.82, 2.24) is 0 Å². The molecule has 0 aliphatic heterocycles. The van der Waals surface area contributed by atoms with Crippen LogP contribution in [0.15, 0.2) is 36.5 Å². The molecule has 0 bridgehead atoms. The Labute approximate surface area is 99.9 Å². The summed E-state index contributed by atoms with van der Waals surface area (Å²) in [6.07, 6.45) is 11.3. The van der Waals surface area contributed by atoms with E-state index in [-0.39, 0.29) is 5.78 Å². The van der Waals surface area contributed by atoms with Crippen molar-refractivity contribution in [1.29, 1.82) is 0 Å². The molecule has 0 heterocycles. The molecule has 0 atom stereocenters. The lowest BCUT2D eigenvalue weighted by Gasteiger charge is -2.05. The average molecular weight is 220 g/mol. The standard InChI is InChI=1S/C15H24O/c1-5-7-8-10-14(12-11-13(3)4)15(16)9-6-2/h5-6,9,12-13H,1,7-8,10-11H2,2-4H3/b9-6+,14-12-. The second-order valence-electron chi connectivity index (χ2n) is 4.40. The topological polar surface area (TPSA) is 17.1 Å². The van der Waals surface area contributed by atoms with Gasteiger partial charge in [-0.3, -0.25) is 4.79 Å². The first kappa shape index (κ1) is 14.9. The molecule has 0 saturated carbocycles. The van der Waals surface area contributed by atoms with Gasteiger partial charge in [0, 0.05) is 0 Å². The second kappa shape index (κ2) is 9.14. The van der Waals surface area contributed by atoms with Gasteiger partial charge in [0.2, 0.25) is 0 Å². The SMILES string of the molecule is C=CCCC/C(=C/CC(C)C)C(=O)/C=C/C. The van der Waals surface area contributed by atoms with Gasteiger partial charge in [-0.25, -0.2) is 0 Å². The van der Waals surface area contributed by atoms with E-state index in [9.17, 15) is 4.79 Å². The summed E-state index contributed by atoms with van der Waals surface area (Å²) in [7, 11) is 0. The average Bonchev–Trinajstić information content (AvgIpc) is 2.23. The van der Waals surface area contributed by atoms with Gasteiger partial charge in [-0.1, -0.05) is 32.1 Å². The summed E-state index contributed by atoms with van der Waals surface area (Å²) in [4.78, 5) is 11.8. The number of unbranched alkanes of at least 4 members (excludes halogenated alkanes) is 1. The van der Waals surface area contributed by atoms with Gasteiger partial charge in [0.05, 0.1) is 0 Å². The highest BCUT2D eigenvalue weighted by atomic mass is 16.1. The highest BCUT2D eigenvalue weighted by Gasteiger charge is 2.05. The number of hydrogen-bond donors (Lipinski definition) is 0. The van der Waals surface area contributed by atoms with E-state index < -0.39 is 0 Å². The summed E-state index contributed by atoms with van der Waals surface area (Å²) in [5, 5.41) is 0. The molecule has 0 aromatic carbocycles. The van der Waals surface area contributed by atoms with E-state index in [4.69, 9.17) is 0 Å². The summed E-state index contributed by atoms with van der Waals surface area (Å²) in [5.41, 5.74) is 0.952. The number of carbonyl (C=O) groups excluding carboxylic acids is 1. The Kier molecular flexibility index (Phi) is 8.51. The molecule has 0 unspecified atom stereocenters. The molecule has 1 heteroatoms. The van der Waals surface area contributed by atoms with Gasteiger partial charge in [0.25, 0.3) is 0 Å². The maximum Gasteiger partial charge on any atom is 0.181 e. The molecule has 0 fully saturated rings. The van der Waals surface area contributed by atoms with Gasteiger partial charge < -0.3 is 0 Å². The minimum Gasteiger partial charge on any atom is -0.290 e. The van der Waals surface area contributed by atoms with E-state index in [0.717, 1.165) is 31.3 Å². The van der Waals surface area contributed by atoms with Crippen LogP contribution in [0.5, 0.6) is 0 Å². The van der Waals surface area contributed by atoms with Crippen LogP contribution in [0, 0.1) is 5.92 Å². The molecule has 0 aliphatic carbocycles. The Morgan fingerprint density at radius 1 is 1.38 bits per heavy atom. The van der Waals surface area contributed by atoms with Crippen molar-refractivity contribution < 1.29 is 4.79 Å². The molecule has 1 nitrogen and oxygen atoms in total. The molecule has 0 amide bonds. The lowest BCUT2D eigenvalue weighted by molar-refractivity contribution is -0.111. The van der Waals surface area contributed by atoms with Crippen LogP contribution in [0.1, 0.15) is 46.5 Å². The van der Waals surface area contributed by atoms with Crippen LogP contribution in [-0.4, -0.2) is 5.78 Å². The number of ketones is 1. The predicted octanol–water partition coefficient (Wildman–Crippen LogP) is 4.46.